The van der Waals surface area contributed by atoms with Crippen molar-refractivity contribution in [3.63, 3.8) is 0 Å². The van der Waals surface area contributed by atoms with Crippen molar-refractivity contribution in [2.75, 3.05) is 26.2 Å². The zero-order chi connectivity index (χ0) is 15.9. The van der Waals surface area contributed by atoms with E-state index in [4.69, 9.17) is 4.74 Å². The van der Waals surface area contributed by atoms with Gasteiger partial charge in [0.15, 0.2) is 0 Å². The second-order valence-corrected chi connectivity index (χ2v) is 8.81. The van der Waals surface area contributed by atoms with Crippen LogP contribution in [0.15, 0.2) is 0 Å². The van der Waals surface area contributed by atoms with Crippen LogP contribution in [0.4, 0.5) is 0 Å². The van der Waals surface area contributed by atoms with Gasteiger partial charge >= 0.3 is 5.97 Å². The van der Waals surface area contributed by atoms with Gasteiger partial charge in [-0.1, -0.05) is 6.42 Å². The molecule has 0 aromatic rings. The number of esters is 1. The molecule has 4 nitrogen and oxygen atoms in total. The molecule has 130 valence electrons. The first-order valence-corrected chi connectivity index (χ1v) is 9.71. The highest BCUT2D eigenvalue weighted by molar-refractivity contribution is 5.77. The zero-order valence-corrected chi connectivity index (χ0v) is 14.2. The molecule has 0 amide bonds. The predicted octanol–water partition coefficient (Wildman–Crippen LogP) is 2.59. The maximum Gasteiger partial charge on any atom is 0.312 e. The largest absolute Gasteiger partial charge is 0.462 e. The molecule has 4 aliphatic carbocycles. The molecule has 1 N–H and O–H groups in total. The van der Waals surface area contributed by atoms with Crippen molar-refractivity contribution in [3.8, 4) is 0 Å². The minimum Gasteiger partial charge on any atom is -0.462 e. The summed E-state index contributed by atoms with van der Waals surface area (Å²) in [6.07, 6.45) is 10.3. The van der Waals surface area contributed by atoms with Gasteiger partial charge in [0.25, 0.3) is 0 Å². The van der Waals surface area contributed by atoms with Crippen molar-refractivity contribution in [1.29, 1.82) is 0 Å². The van der Waals surface area contributed by atoms with Crippen molar-refractivity contribution >= 4 is 5.97 Å². The normalized spacial score (nSPS) is 41.0. The molecule has 0 spiro atoms. The number of carbonyl (C=O) groups is 1. The molecular formula is C19H31NO3. The molecule has 0 aromatic carbocycles. The number of hydrogen-bond acceptors (Lipinski definition) is 4. The molecule has 0 unspecified atom stereocenters. The fourth-order valence-electron chi connectivity index (χ4n) is 6.18. The smallest absolute Gasteiger partial charge is 0.312 e. The summed E-state index contributed by atoms with van der Waals surface area (Å²) in [7, 11) is 0. The van der Waals surface area contributed by atoms with Crippen molar-refractivity contribution in [2.45, 2.75) is 63.9 Å². The molecule has 4 saturated carbocycles. The Morgan fingerprint density at radius 3 is 2.17 bits per heavy atom. The number of carbonyl (C=O) groups excluding carboxylic acids is 1. The molecule has 4 bridgehead atoms. The highest BCUT2D eigenvalue weighted by atomic mass is 16.5. The minimum atomic E-state index is -0.536. The third-order valence-electron chi connectivity index (χ3n) is 6.80. The van der Waals surface area contributed by atoms with E-state index in [1.807, 2.05) is 0 Å². The summed E-state index contributed by atoms with van der Waals surface area (Å²) in [6, 6.07) is 0. The number of hydrogen-bond donors (Lipinski definition) is 1. The molecule has 1 aliphatic heterocycles. The van der Waals surface area contributed by atoms with E-state index in [9.17, 15) is 9.90 Å². The summed E-state index contributed by atoms with van der Waals surface area (Å²) in [5, 5.41) is 10.2. The first-order chi connectivity index (χ1) is 11.1. The van der Waals surface area contributed by atoms with Crippen LogP contribution in [0.5, 0.6) is 0 Å². The Balaban J connectivity index is 1.28. The first kappa shape index (κ1) is 15.9. The lowest BCUT2D eigenvalue weighted by atomic mass is 9.49. The van der Waals surface area contributed by atoms with Crippen molar-refractivity contribution in [3.05, 3.63) is 0 Å². The molecule has 0 radical (unpaired) electrons. The molecule has 1 atom stereocenters. The quantitative estimate of drug-likeness (QED) is 0.791. The molecule has 4 heteroatoms. The summed E-state index contributed by atoms with van der Waals surface area (Å²) < 4.78 is 5.61. The summed E-state index contributed by atoms with van der Waals surface area (Å²) in [5.41, 5.74) is -0.195. The number of rotatable bonds is 5. The fraction of sp³-hybridized carbons (Fsp3) is 0.947. The van der Waals surface area contributed by atoms with Crippen LogP contribution < -0.4 is 0 Å². The molecule has 23 heavy (non-hydrogen) atoms. The highest BCUT2D eigenvalue weighted by Crippen LogP contribution is 2.60. The van der Waals surface area contributed by atoms with E-state index in [2.05, 4.69) is 4.90 Å². The van der Waals surface area contributed by atoms with Gasteiger partial charge in [-0.15, -0.1) is 0 Å². The van der Waals surface area contributed by atoms with Crippen LogP contribution in [-0.2, 0) is 9.53 Å². The van der Waals surface area contributed by atoms with Gasteiger partial charge in [-0.05, 0) is 82.2 Å². The lowest BCUT2D eigenvalue weighted by molar-refractivity contribution is -0.174. The van der Waals surface area contributed by atoms with Gasteiger partial charge in [0.2, 0.25) is 0 Å². The van der Waals surface area contributed by atoms with E-state index in [1.165, 1.54) is 38.5 Å². The van der Waals surface area contributed by atoms with Crippen LogP contribution in [0.2, 0.25) is 0 Å². The highest BCUT2D eigenvalue weighted by Gasteiger charge is 2.55. The lowest BCUT2D eigenvalue weighted by Crippen LogP contribution is -2.51. The van der Waals surface area contributed by atoms with Crippen LogP contribution in [0.25, 0.3) is 0 Å². The van der Waals surface area contributed by atoms with Gasteiger partial charge in [-0.25, -0.2) is 0 Å². The van der Waals surface area contributed by atoms with Gasteiger partial charge in [0.05, 0.1) is 5.41 Å². The van der Waals surface area contributed by atoms with Crippen LogP contribution in [0.1, 0.15) is 57.8 Å². The van der Waals surface area contributed by atoms with E-state index >= 15 is 0 Å². The number of β-amino-alcohol motifs (C(OH)–C–C–N with tert-alkyl or cyclic N) is 1. The van der Waals surface area contributed by atoms with Crippen LogP contribution in [0, 0.1) is 23.2 Å². The van der Waals surface area contributed by atoms with Gasteiger partial charge < -0.3 is 14.7 Å². The average Bonchev–Trinajstić information content (AvgIpc) is 2.52. The van der Waals surface area contributed by atoms with E-state index in [1.54, 1.807) is 0 Å². The van der Waals surface area contributed by atoms with E-state index < -0.39 is 6.10 Å². The Hall–Kier alpha value is -0.610. The van der Waals surface area contributed by atoms with Crippen LogP contribution in [0.3, 0.4) is 0 Å². The average molecular weight is 321 g/mol. The standard InChI is InChI=1S/C19H31NO3/c21-17(12-20-4-2-1-3-5-20)13-23-18(22)19-9-14-6-15(10-19)8-16(7-14)11-19/h14-17,21H,1-13H2/t14?,15?,16?,17-,19?/m1/s1. The topological polar surface area (TPSA) is 49.8 Å². The van der Waals surface area contributed by atoms with E-state index in [0.717, 1.165) is 50.1 Å². The summed E-state index contributed by atoms with van der Waals surface area (Å²) in [6.45, 7) is 2.96. The Kier molecular flexibility index (Phi) is 4.39. The van der Waals surface area contributed by atoms with Gasteiger partial charge in [-0.2, -0.15) is 0 Å². The molecule has 5 fully saturated rings. The van der Waals surface area contributed by atoms with Crippen LogP contribution >= 0.6 is 0 Å². The van der Waals surface area contributed by atoms with Crippen molar-refractivity contribution in [1.82, 2.24) is 4.90 Å². The van der Waals surface area contributed by atoms with Crippen LogP contribution in [-0.4, -0.2) is 48.3 Å². The van der Waals surface area contributed by atoms with Crippen molar-refractivity contribution < 1.29 is 14.6 Å². The number of piperidine rings is 1. The summed E-state index contributed by atoms with van der Waals surface area (Å²) in [5.74, 6) is 2.26. The second kappa shape index (κ2) is 6.36. The Labute approximate surface area is 139 Å². The Bertz CT molecular complexity index is 409. The van der Waals surface area contributed by atoms with Gasteiger partial charge in [-0.3, -0.25) is 4.79 Å². The van der Waals surface area contributed by atoms with E-state index in [-0.39, 0.29) is 18.0 Å². The minimum absolute atomic E-state index is 0.00528. The maximum atomic E-state index is 12.7. The SMILES string of the molecule is O=C(OC[C@H](O)CN1CCCCC1)C12CC3CC(CC(C3)C1)C2. The maximum absolute atomic E-state index is 12.7. The monoisotopic (exact) mass is 321 g/mol. The molecule has 5 aliphatic rings. The number of nitrogens with zero attached hydrogens (tertiary/aromatic N) is 1. The second-order valence-electron chi connectivity index (χ2n) is 8.81. The Morgan fingerprint density at radius 1 is 1.04 bits per heavy atom. The van der Waals surface area contributed by atoms with Gasteiger partial charge in [0.1, 0.15) is 12.7 Å². The number of ether oxygens (including phenoxy) is 1. The molecule has 5 rings (SSSR count). The number of aliphatic hydroxyl groups excluding tert-OH is 1. The third kappa shape index (κ3) is 3.30. The van der Waals surface area contributed by atoms with Gasteiger partial charge in [0, 0.05) is 6.54 Å². The molecule has 1 heterocycles. The molecule has 0 aromatic heterocycles. The van der Waals surface area contributed by atoms with E-state index in [0.29, 0.717) is 6.54 Å². The predicted molar refractivity (Wildman–Crippen MR) is 87.9 cm³/mol. The third-order valence-corrected chi connectivity index (χ3v) is 6.80. The fourth-order valence-corrected chi connectivity index (χ4v) is 6.18. The number of likely N-dealkylation sites (tertiary alicyclic amines) is 1. The Morgan fingerprint density at radius 2 is 1.61 bits per heavy atom. The molecule has 1 saturated heterocycles. The summed E-state index contributed by atoms with van der Waals surface area (Å²) in [4.78, 5) is 15.0. The van der Waals surface area contributed by atoms with Crippen molar-refractivity contribution in [2.24, 2.45) is 23.2 Å². The number of aliphatic hydroxyl groups is 1. The first-order valence-electron chi connectivity index (χ1n) is 9.71. The molecular weight excluding hydrogens is 290 g/mol. The lowest BCUT2D eigenvalue weighted by Gasteiger charge is -2.55. The zero-order valence-electron chi connectivity index (χ0n) is 14.2. The summed E-state index contributed by atoms with van der Waals surface area (Å²) >= 11 is 0.